The number of benzene rings is 2. The number of nitrogens with one attached hydrogen (secondary N) is 3. The standard InChI is InChI=1S/C23H25IN4O4/c1-4-25-22(29)17-11-16-19(12-21(17)31-3)27-9-8-20(16)32-15-6-7-18(14(10-15)13-24)28-23(30)26-5-2/h6-12H,4-5,13H2,1-3H3,(H,25,29)(H2,26,28,30). The number of methoxy groups -OCH3 is 1. The van der Waals surface area contributed by atoms with Gasteiger partial charge in [0.15, 0.2) is 0 Å². The van der Waals surface area contributed by atoms with Gasteiger partial charge in [0.05, 0.1) is 18.2 Å². The molecule has 0 atom stereocenters. The second-order valence-electron chi connectivity index (χ2n) is 6.78. The molecule has 2 aromatic carbocycles. The van der Waals surface area contributed by atoms with Crippen LogP contribution < -0.4 is 25.4 Å². The number of urea groups is 1. The number of halogens is 1. The zero-order chi connectivity index (χ0) is 23.1. The molecule has 1 heterocycles. The van der Waals surface area contributed by atoms with E-state index >= 15 is 0 Å². The first-order valence-corrected chi connectivity index (χ1v) is 11.7. The molecule has 0 fully saturated rings. The third kappa shape index (κ3) is 5.39. The van der Waals surface area contributed by atoms with Crippen LogP contribution in [0.2, 0.25) is 0 Å². The number of hydrogen-bond acceptors (Lipinski definition) is 5. The minimum Gasteiger partial charge on any atom is -0.496 e. The van der Waals surface area contributed by atoms with Crippen LogP contribution in [0.3, 0.4) is 0 Å². The van der Waals surface area contributed by atoms with Crippen molar-refractivity contribution in [1.82, 2.24) is 15.6 Å². The molecule has 1 aromatic heterocycles. The Balaban J connectivity index is 1.97. The fraction of sp³-hybridized carbons (Fsp3) is 0.261. The van der Waals surface area contributed by atoms with Crippen molar-refractivity contribution in [1.29, 1.82) is 0 Å². The number of anilines is 1. The number of ether oxygens (including phenoxy) is 2. The Morgan fingerprint density at radius 1 is 1.03 bits per heavy atom. The summed E-state index contributed by atoms with van der Waals surface area (Å²) in [5.74, 6) is 1.39. The third-order valence-corrected chi connectivity index (χ3v) is 5.46. The van der Waals surface area contributed by atoms with Gasteiger partial charge >= 0.3 is 6.03 Å². The summed E-state index contributed by atoms with van der Waals surface area (Å²) in [6.07, 6.45) is 1.65. The van der Waals surface area contributed by atoms with Crippen molar-refractivity contribution >= 4 is 51.1 Å². The van der Waals surface area contributed by atoms with Crippen LogP contribution >= 0.6 is 22.6 Å². The van der Waals surface area contributed by atoms with Crippen molar-refractivity contribution in [2.75, 3.05) is 25.5 Å². The molecule has 32 heavy (non-hydrogen) atoms. The van der Waals surface area contributed by atoms with Crippen molar-refractivity contribution in [3.8, 4) is 17.2 Å². The predicted molar refractivity (Wildman–Crippen MR) is 133 cm³/mol. The lowest BCUT2D eigenvalue weighted by atomic mass is 10.1. The second-order valence-corrected chi connectivity index (χ2v) is 7.54. The van der Waals surface area contributed by atoms with E-state index in [9.17, 15) is 9.59 Å². The summed E-state index contributed by atoms with van der Waals surface area (Å²) >= 11 is 2.24. The molecule has 0 radical (unpaired) electrons. The summed E-state index contributed by atoms with van der Waals surface area (Å²) < 4.78 is 12.2. The van der Waals surface area contributed by atoms with Crippen LogP contribution in [0.15, 0.2) is 42.6 Å². The van der Waals surface area contributed by atoms with E-state index < -0.39 is 0 Å². The molecule has 168 valence electrons. The summed E-state index contributed by atoms with van der Waals surface area (Å²) in [6, 6.07) is 10.4. The number of aromatic nitrogens is 1. The van der Waals surface area contributed by atoms with Gasteiger partial charge in [-0.3, -0.25) is 9.78 Å². The van der Waals surface area contributed by atoms with Crippen LogP contribution in [0.25, 0.3) is 10.9 Å². The molecular formula is C23H25IN4O4. The molecule has 0 aliphatic heterocycles. The first kappa shape index (κ1) is 23.6. The first-order valence-electron chi connectivity index (χ1n) is 10.2. The third-order valence-electron chi connectivity index (χ3n) is 4.64. The van der Waals surface area contributed by atoms with Crippen LogP contribution in [-0.4, -0.2) is 37.1 Å². The fourth-order valence-corrected chi connectivity index (χ4v) is 3.79. The lowest BCUT2D eigenvalue weighted by Crippen LogP contribution is -2.28. The number of pyridine rings is 1. The van der Waals surface area contributed by atoms with Gasteiger partial charge in [0.25, 0.3) is 5.91 Å². The monoisotopic (exact) mass is 548 g/mol. The predicted octanol–water partition coefficient (Wildman–Crippen LogP) is 4.86. The molecule has 0 aliphatic carbocycles. The fourth-order valence-electron chi connectivity index (χ4n) is 3.16. The summed E-state index contributed by atoms with van der Waals surface area (Å²) in [5.41, 5.74) is 2.71. The molecule has 9 heteroatoms. The highest BCUT2D eigenvalue weighted by Gasteiger charge is 2.16. The summed E-state index contributed by atoms with van der Waals surface area (Å²) in [4.78, 5) is 28.8. The van der Waals surface area contributed by atoms with Gasteiger partial charge < -0.3 is 25.4 Å². The van der Waals surface area contributed by atoms with Gasteiger partial charge in [-0.15, -0.1) is 0 Å². The molecule has 3 amide bonds. The van der Waals surface area contributed by atoms with Crippen molar-refractivity contribution < 1.29 is 19.1 Å². The summed E-state index contributed by atoms with van der Waals surface area (Å²) in [6.45, 7) is 4.77. The Morgan fingerprint density at radius 3 is 2.50 bits per heavy atom. The maximum absolute atomic E-state index is 12.5. The van der Waals surface area contributed by atoms with Crippen molar-refractivity contribution in [2.24, 2.45) is 0 Å². The van der Waals surface area contributed by atoms with Crippen LogP contribution in [0.1, 0.15) is 29.8 Å². The molecule has 3 rings (SSSR count). The van der Waals surface area contributed by atoms with E-state index in [0.717, 1.165) is 11.3 Å². The number of amides is 3. The van der Waals surface area contributed by atoms with Crippen molar-refractivity contribution in [3.05, 3.63) is 53.7 Å². The Labute approximate surface area is 200 Å². The zero-order valence-electron chi connectivity index (χ0n) is 18.1. The van der Waals surface area contributed by atoms with Crippen molar-refractivity contribution in [2.45, 2.75) is 18.3 Å². The number of hydrogen-bond donors (Lipinski definition) is 3. The van der Waals surface area contributed by atoms with Crippen LogP contribution in [0.4, 0.5) is 10.5 Å². The SMILES string of the molecule is CCNC(=O)Nc1ccc(Oc2ccnc3cc(OC)c(C(=O)NCC)cc23)cc1CI. The zero-order valence-corrected chi connectivity index (χ0v) is 20.3. The molecule has 8 nitrogen and oxygen atoms in total. The highest BCUT2D eigenvalue weighted by molar-refractivity contribution is 14.1. The van der Waals surface area contributed by atoms with E-state index in [-0.39, 0.29) is 11.9 Å². The number of nitrogens with zero attached hydrogens (tertiary/aromatic N) is 1. The van der Waals surface area contributed by atoms with Gasteiger partial charge in [0.1, 0.15) is 17.2 Å². The Hall–Kier alpha value is -3.08. The number of rotatable bonds is 8. The maximum Gasteiger partial charge on any atom is 0.319 e. The van der Waals surface area contributed by atoms with Gasteiger partial charge in [0, 0.05) is 40.9 Å². The largest absolute Gasteiger partial charge is 0.496 e. The van der Waals surface area contributed by atoms with E-state index in [1.165, 1.54) is 7.11 Å². The van der Waals surface area contributed by atoms with E-state index in [4.69, 9.17) is 9.47 Å². The van der Waals surface area contributed by atoms with Gasteiger partial charge in [-0.1, -0.05) is 22.6 Å². The molecular weight excluding hydrogens is 523 g/mol. The lowest BCUT2D eigenvalue weighted by Gasteiger charge is -2.15. The average molecular weight is 548 g/mol. The van der Waals surface area contributed by atoms with Crippen LogP contribution in [0.5, 0.6) is 17.2 Å². The van der Waals surface area contributed by atoms with Crippen LogP contribution in [-0.2, 0) is 4.43 Å². The molecule has 0 bridgehead atoms. The molecule has 3 N–H and O–H groups in total. The van der Waals surface area contributed by atoms with Crippen LogP contribution in [0, 0.1) is 0 Å². The molecule has 0 spiro atoms. The Kier molecular flexibility index (Phi) is 8.09. The van der Waals surface area contributed by atoms with Gasteiger partial charge in [-0.2, -0.15) is 0 Å². The minimum absolute atomic E-state index is 0.228. The second kappa shape index (κ2) is 11.0. The highest BCUT2D eigenvalue weighted by atomic mass is 127. The topological polar surface area (TPSA) is 102 Å². The Bertz CT molecular complexity index is 1140. The molecule has 0 unspecified atom stereocenters. The number of carbonyl (C=O) groups excluding carboxylic acids is 2. The van der Waals surface area contributed by atoms with Gasteiger partial charge in [0.2, 0.25) is 0 Å². The van der Waals surface area contributed by atoms with Gasteiger partial charge in [-0.05, 0) is 49.7 Å². The van der Waals surface area contributed by atoms with E-state index in [1.54, 1.807) is 30.5 Å². The Morgan fingerprint density at radius 2 is 1.81 bits per heavy atom. The number of alkyl halides is 1. The molecule has 0 saturated heterocycles. The minimum atomic E-state index is -0.251. The first-order chi connectivity index (χ1) is 15.5. The smallest absolute Gasteiger partial charge is 0.319 e. The molecule has 0 aliphatic rings. The summed E-state index contributed by atoms with van der Waals surface area (Å²) in [7, 11) is 1.52. The number of carbonyl (C=O) groups is 2. The summed E-state index contributed by atoms with van der Waals surface area (Å²) in [5, 5.41) is 9.05. The average Bonchev–Trinajstić information content (AvgIpc) is 2.79. The quantitative estimate of drug-likeness (QED) is 0.276. The maximum atomic E-state index is 12.5. The molecule has 0 saturated carbocycles. The number of fused-ring (bicyclic) bond motifs is 1. The highest BCUT2D eigenvalue weighted by Crippen LogP contribution is 2.34. The molecule has 3 aromatic rings. The van der Waals surface area contributed by atoms with Crippen molar-refractivity contribution in [3.63, 3.8) is 0 Å². The van der Waals surface area contributed by atoms with E-state index in [0.29, 0.717) is 51.2 Å². The van der Waals surface area contributed by atoms with E-state index in [2.05, 4.69) is 43.5 Å². The normalized spacial score (nSPS) is 10.5. The lowest BCUT2D eigenvalue weighted by molar-refractivity contribution is 0.0953. The van der Waals surface area contributed by atoms with E-state index in [1.807, 2.05) is 26.0 Å². The van der Waals surface area contributed by atoms with Gasteiger partial charge in [-0.25, -0.2) is 4.79 Å².